The number of rotatable bonds is 6. The van der Waals surface area contributed by atoms with Crippen LogP contribution in [0.1, 0.15) is 22.8 Å². The lowest BCUT2D eigenvalue weighted by Gasteiger charge is -2.37. The second-order valence-electron chi connectivity index (χ2n) is 8.00. The molecule has 0 radical (unpaired) electrons. The number of fused-ring (bicyclic) bond motifs is 1. The number of nitrogens with zero attached hydrogens (tertiary/aromatic N) is 2. The predicted octanol–water partition coefficient (Wildman–Crippen LogP) is 5.54. The lowest BCUT2D eigenvalue weighted by molar-refractivity contribution is 0.0687. The van der Waals surface area contributed by atoms with Crippen LogP contribution in [0.3, 0.4) is 0 Å². The molecule has 3 aromatic rings. The van der Waals surface area contributed by atoms with E-state index < -0.39 is 0 Å². The second kappa shape index (κ2) is 9.58. The molecule has 6 heteroatoms. The van der Waals surface area contributed by atoms with Crippen LogP contribution in [-0.4, -0.2) is 54.9 Å². The van der Waals surface area contributed by atoms with Gasteiger partial charge in [-0.25, -0.2) is 0 Å². The molecule has 162 valence electrons. The highest BCUT2D eigenvalue weighted by Crippen LogP contribution is 2.33. The number of Topliss-reactive ketones (excluding diaryl/α,β-unsaturated/α-hetero) is 1. The summed E-state index contributed by atoms with van der Waals surface area (Å²) in [6.07, 6.45) is 0. The molecule has 0 bridgehead atoms. The highest BCUT2D eigenvalue weighted by Gasteiger charge is 2.26. The van der Waals surface area contributed by atoms with Crippen LogP contribution in [0.2, 0.25) is 10.0 Å². The van der Waals surface area contributed by atoms with Crippen molar-refractivity contribution in [1.82, 2.24) is 9.80 Å². The fourth-order valence-electron chi connectivity index (χ4n) is 4.19. The molecule has 1 aliphatic rings. The zero-order chi connectivity index (χ0) is 22.0. The van der Waals surface area contributed by atoms with Gasteiger partial charge in [0, 0.05) is 48.7 Å². The molecule has 31 heavy (non-hydrogen) atoms. The van der Waals surface area contributed by atoms with Crippen LogP contribution in [0.4, 0.5) is 0 Å². The molecule has 1 unspecified atom stereocenters. The zero-order valence-electron chi connectivity index (χ0n) is 17.8. The van der Waals surface area contributed by atoms with Gasteiger partial charge in [0.1, 0.15) is 5.75 Å². The summed E-state index contributed by atoms with van der Waals surface area (Å²) in [7, 11) is 1.60. The maximum absolute atomic E-state index is 13.2. The van der Waals surface area contributed by atoms with Gasteiger partial charge < -0.3 is 4.74 Å². The summed E-state index contributed by atoms with van der Waals surface area (Å²) in [5.41, 5.74) is 1.93. The third-order valence-electron chi connectivity index (χ3n) is 6.05. The van der Waals surface area contributed by atoms with Crippen molar-refractivity contribution in [3.63, 3.8) is 0 Å². The van der Waals surface area contributed by atoms with Crippen LogP contribution in [0, 0.1) is 0 Å². The monoisotopic (exact) mass is 456 g/mol. The second-order valence-corrected chi connectivity index (χ2v) is 8.81. The quantitative estimate of drug-likeness (QED) is 0.455. The summed E-state index contributed by atoms with van der Waals surface area (Å²) in [6, 6.07) is 17.3. The van der Waals surface area contributed by atoms with Gasteiger partial charge in [-0.05, 0) is 42.1 Å². The number of hydrogen-bond acceptors (Lipinski definition) is 4. The van der Waals surface area contributed by atoms with E-state index in [4.69, 9.17) is 27.9 Å². The van der Waals surface area contributed by atoms with E-state index in [9.17, 15) is 4.79 Å². The topological polar surface area (TPSA) is 32.8 Å². The van der Waals surface area contributed by atoms with Crippen molar-refractivity contribution in [2.45, 2.75) is 19.5 Å². The van der Waals surface area contributed by atoms with Gasteiger partial charge in [0.25, 0.3) is 0 Å². The van der Waals surface area contributed by atoms with E-state index in [1.807, 2.05) is 55.5 Å². The van der Waals surface area contributed by atoms with Crippen LogP contribution < -0.4 is 4.74 Å². The first-order valence-electron chi connectivity index (χ1n) is 10.5. The van der Waals surface area contributed by atoms with E-state index >= 15 is 0 Å². The number of carbonyl (C=O) groups excluding carboxylic acids is 1. The lowest BCUT2D eigenvalue weighted by atomic mass is 9.99. The molecule has 4 rings (SSSR count). The average Bonchev–Trinajstić information content (AvgIpc) is 2.79. The van der Waals surface area contributed by atoms with Crippen LogP contribution >= 0.6 is 23.2 Å². The Morgan fingerprint density at radius 2 is 1.81 bits per heavy atom. The number of halogens is 2. The summed E-state index contributed by atoms with van der Waals surface area (Å²) in [5, 5.41) is 3.17. The number of piperazine rings is 1. The van der Waals surface area contributed by atoms with Gasteiger partial charge in [-0.1, -0.05) is 53.5 Å². The van der Waals surface area contributed by atoms with E-state index in [1.165, 1.54) is 5.56 Å². The summed E-state index contributed by atoms with van der Waals surface area (Å²) >= 11 is 12.5. The molecule has 1 fully saturated rings. The minimum absolute atomic E-state index is 0.136. The Morgan fingerprint density at radius 1 is 1.03 bits per heavy atom. The average molecular weight is 457 g/mol. The SMILES string of the molecule is COc1ccc2cc(C(=O)C(C)N3CCN(Cc4cccc(Cl)c4)CC3)ccc2c1Cl. The van der Waals surface area contributed by atoms with Gasteiger partial charge in [-0.2, -0.15) is 0 Å². The Bertz CT molecular complexity index is 1090. The molecule has 0 N–H and O–H groups in total. The van der Waals surface area contributed by atoms with E-state index in [2.05, 4.69) is 15.9 Å². The lowest BCUT2D eigenvalue weighted by Crippen LogP contribution is -2.51. The molecular formula is C25H26Cl2N2O2. The normalized spacial score (nSPS) is 16.4. The van der Waals surface area contributed by atoms with Crippen molar-refractivity contribution in [3.05, 3.63) is 75.8 Å². The number of ether oxygens (including phenoxy) is 1. The van der Waals surface area contributed by atoms with Crippen LogP contribution in [0.5, 0.6) is 5.75 Å². The van der Waals surface area contributed by atoms with Crippen molar-refractivity contribution in [2.75, 3.05) is 33.3 Å². The van der Waals surface area contributed by atoms with Gasteiger partial charge in [-0.3, -0.25) is 14.6 Å². The first-order valence-corrected chi connectivity index (χ1v) is 11.2. The highest BCUT2D eigenvalue weighted by atomic mass is 35.5. The molecule has 4 nitrogen and oxygen atoms in total. The van der Waals surface area contributed by atoms with Crippen molar-refractivity contribution in [1.29, 1.82) is 0 Å². The third kappa shape index (κ3) is 4.88. The Morgan fingerprint density at radius 3 is 2.52 bits per heavy atom. The molecule has 1 saturated heterocycles. The summed E-state index contributed by atoms with van der Waals surface area (Å²) in [6.45, 7) is 6.47. The van der Waals surface area contributed by atoms with E-state index in [0.717, 1.165) is 48.5 Å². The van der Waals surface area contributed by atoms with Crippen LogP contribution in [0.15, 0.2) is 54.6 Å². The van der Waals surface area contributed by atoms with Gasteiger partial charge in [0.05, 0.1) is 18.2 Å². The van der Waals surface area contributed by atoms with Crippen molar-refractivity contribution in [2.24, 2.45) is 0 Å². The summed E-state index contributed by atoms with van der Waals surface area (Å²) in [5.74, 6) is 0.773. The minimum atomic E-state index is -0.167. The Labute approximate surface area is 193 Å². The molecule has 0 saturated carbocycles. The first kappa shape index (κ1) is 22.1. The number of methoxy groups -OCH3 is 1. The van der Waals surface area contributed by atoms with Crippen molar-refractivity contribution >= 4 is 39.8 Å². The first-order chi connectivity index (χ1) is 15.0. The molecule has 0 aliphatic carbocycles. The Balaban J connectivity index is 1.40. The molecule has 1 aliphatic heterocycles. The molecule has 0 aromatic heterocycles. The highest BCUT2D eigenvalue weighted by molar-refractivity contribution is 6.37. The predicted molar refractivity (Wildman–Crippen MR) is 128 cm³/mol. The maximum atomic E-state index is 13.2. The summed E-state index contributed by atoms with van der Waals surface area (Å²) < 4.78 is 5.28. The van der Waals surface area contributed by atoms with E-state index in [0.29, 0.717) is 16.3 Å². The number of hydrogen-bond donors (Lipinski definition) is 0. The van der Waals surface area contributed by atoms with Crippen molar-refractivity contribution in [3.8, 4) is 5.75 Å². The third-order valence-corrected chi connectivity index (χ3v) is 6.68. The largest absolute Gasteiger partial charge is 0.495 e. The standard InChI is InChI=1S/C25H26Cl2N2O2/c1-17(29-12-10-28(11-13-29)16-18-4-3-5-21(26)14-18)25(30)20-6-8-22-19(15-20)7-9-23(31-2)24(22)27/h3-9,14-15,17H,10-13,16H2,1-2H3. The van der Waals surface area contributed by atoms with Gasteiger partial charge in [-0.15, -0.1) is 0 Å². The van der Waals surface area contributed by atoms with E-state index in [-0.39, 0.29) is 11.8 Å². The fraction of sp³-hybridized carbons (Fsp3) is 0.320. The Hall–Kier alpha value is -2.11. The van der Waals surface area contributed by atoms with Gasteiger partial charge >= 0.3 is 0 Å². The fourth-order valence-corrected chi connectivity index (χ4v) is 4.72. The smallest absolute Gasteiger partial charge is 0.179 e. The Kier molecular flexibility index (Phi) is 6.83. The molecule has 0 amide bonds. The van der Waals surface area contributed by atoms with Crippen LogP contribution in [-0.2, 0) is 6.54 Å². The number of ketones is 1. The van der Waals surface area contributed by atoms with Gasteiger partial charge in [0.15, 0.2) is 5.78 Å². The summed E-state index contributed by atoms with van der Waals surface area (Å²) in [4.78, 5) is 17.9. The van der Waals surface area contributed by atoms with Gasteiger partial charge in [0.2, 0.25) is 0 Å². The van der Waals surface area contributed by atoms with E-state index in [1.54, 1.807) is 7.11 Å². The van der Waals surface area contributed by atoms with Crippen LogP contribution in [0.25, 0.3) is 10.8 Å². The number of carbonyl (C=O) groups is 1. The zero-order valence-corrected chi connectivity index (χ0v) is 19.3. The molecule has 0 spiro atoms. The molecule has 3 aromatic carbocycles. The molecular weight excluding hydrogens is 431 g/mol. The maximum Gasteiger partial charge on any atom is 0.179 e. The molecule has 1 heterocycles. The number of benzene rings is 3. The molecule has 1 atom stereocenters. The minimum Gasteiger partial charge on any atom is -0.495 e. The van der Waals surface area contributed by atoms with Crippen molar-refractivity contribution < 1.29 is 9.53 Å².